The van der Waals surface area contributed by atoms with Crippen molar-refractivity contribution < 1.29 is 5.11 Å². The van der Waals surface area contributed by atoms with Crippen molar-refractivity contribution in [1.29, 1.82) is 0 Å². The van der Waals surface area contributed by atoms with Crippen molar-refractivity contribution in [2.45, 2.75) is 53.2 Å². The molecule has 3 heteroatoms. The Morgan fingerprint density at radius 2 is 2.00 bits per heavy atom. The van der Waals surface area contributed by atoms with Crippen LogP contribution in [0.5, 0.6) is 0 Å². The van der Waals surface area contributed by atoms with Crippen molar-refractivity contribution in [2.24, 2.45) is 0 Å². The van der Waals surface area contributed by atoms with Crippen molar-refractivity contribution in [2.75, 3.05) is 0 Å². The second kappa shape index (κ2) is 5.15. The summed E-state index contributed by atoms with van der Waals surface area (Å²) in [6.07, 6.45) is 3.64. The van der Waals surface area contributed by atoms with Gasteiger partial charge in [-0.25, -0.2) is 0 Å². The van der Waals surface area contributed by atoms with E-state index in [0.29, 0.717) is 0 Å². The van der Waals surface area contributed by atoms with Crippen molar-refractivity contribution in [3.8, 4) is 0 Å². The lowest BCUT2D eigenvalue weighted by molar-refractivity contribution is 0.280. The Kier molecular flexibility index (Phi) is 4.14. The highest BCUT2D eigenvalue weighted by molar-refractivity contribution is 5.23. The molecule has 1 aromatic heterocycles. The summed E-state index contributed by atoms with van der Waals surface area (Å²) in [5.41, 5.74) is 3.06. The second-order valence-corrected chi connectivity index (χ2v) is 3.74. The molecule has 0 spiro atoms. The van der Waals surface area contributed by atoms with E-state index in [9.17, 15) is 0 Å². The molecule has 1 N–H and O–H groups in total. The van der Waals surface area contributed by atoms with Crippen LogP contribution < -0.4 is 0 Å². The number of nitrogens with zero attached hydrogens (tertiary/aromatic N) is 2. The smallest absolute Gasteiger partial charge is 0.0718 e. The summed E-state index contributed by atoms with van der Waals surface area (Å²) in [5, 5.41) is 13.5. The third kappa shape index (κ3) is 2.35. The number of rotatable bonds is 5. The van der Waals surface area contributed by atoms with Gasteiger partial charge in [0.15, 0.2) is 0 Å². The van der Waals surface area contributed by atoms with Crippen molar-refractivity contribution in [1.82, 2.24) is 9.78 Å². The summed E-state index contributed by atoms with van der Waals surface area (Å²) in [6.45, 7) is 7.25. The van der Waals surface area contributed by atoms with Gasteiger partial charge in [0.1, 0.15) is 0 Å². The molecule has 0 amide bonds. The zero-order chi connectivity index (χ0) is 10.6. The molecule has 0 saturated heterocycles. The van der Waals surface area contributed by atoms with Crippen LogP contribution in [0.25, 0.3) is 0 Å². The Morgan fingerprint density at radius 3 is 2.50 bits per heavy atom. The van der Waals surface area contributed by atoms with Crippen LogP contribution in [0, 0.1) is 13.8 Å². The minimum atomic E-state index is 0.103. The quantitative estimate of drug-likeness (QED) is 0.733. The largest absolute Gasteiger partial charge is 0.392 e. The second-order valence-electron chi connectivity index (χ2n) is 3.74. The molecule has 0 radical (unpaired) electrons. The summed E-state index contributed by atoms with van der Waals surface area (Å²) in [7, 11) is 0. The highest BCUT2D eigenvalue weighted by Crippen LogP contribution is 2.13. The molecule has 0 bridgehead atoms. The van der Waals surface area contributed by atoms with E-state index < -0.39 is 0 Å². The van der Waals surface area contributed by atoms with Gasteiger partial charge in [-0.1, -0.05) is 19.8 Å². The zero-order valence-electron chi connectivity index (χ0n) is 9.38. The molecule has 0 aromatic carbocycles. The Labute approximate surface area is 85.8 Å². The van der Waals surface area contributed by atoms with Gasteiger partial charge >= 0.3 is 0 Å². The predicted molar refractivity (Wildman–Crippen MR) is 57.1 cm³/mol. The van der Waals surface area contributed by atoms with Crippen molar-refractivity contribution in [3.05, 3.63) is 17.0 Å². The van der Waals surface area contributed by atoms with E-state index >= 15 is 0 Å². The average molecular weight is 196 g/mol. The lowest BCUT2D eigenvalue weighted by Gasteiger charge is -2.03. The fourth-order valence-electron chi connectivity index (χ4n) is 1.69. The van der Waals surface area contributed by atoms with Gasteiger partial charge in [0, 0.05) is 17.8 Å². The Bertz CT molecular complexity index is 292. The van der Waals surface area contributed by atoms with Gasteiger partial charge < -0.3 is 5.11 Å². The van der Waals surface area contributed by atoms with Crippen LogP contribution in [0.1, 0.15) is 43.1 Å². The first-order valence-corrected chi connectivity index (χ1v) is 5.34. The normalized spacial score (nSPS) is 10.9. The number of hydrogen-bond donors (Lipinski definition) is 1. The van der Waals surface area contributed by atoms with Gasteiger partial charge in [0.25, 0.3) is 0 Å². The minimum absolute atomic E-state index is 0.103. The van der Waals surface area contributed by atoms with E-state index in [-0.39, 0.29) is 6.61 Å². The molecule has 0 aliphatic heterocycles. The van der Waals surface area contributed by atoms with Crippen LogP contribution in [-0.2, 0) is 13.2 Å². The Morgan fingerprint density at radius 1 is 1.29 bits per heavy atom. The van der Waals surface area contributed by atoms with Crippen molar-refractivity contribution >= 4 is 0 Å². The first-order valence-electron chi connectivity index (χ1n) is 5.34. The zero-order valence-corrected chi connectivity index (χ0v) is 9.38. The van der Waals surface area contributed by atoms with Crippen LogP contribution >= 0.6 is 0 Å². The Hall–Kier alpha value is -0.830. The number of aryl methyl sites for hydroxylation is 2. The van der Waals surface area contributed by atoms with Gasteiger partial charge in [0.2, 0.25) is 0 Å². The molecule has 80 valence electrons. The monoisotopic (exact) mass is 196 g/mol. The van der Waals surface area contributed by atoms with E-state index in [4.69, 9.17) is 5.11 Å². The third-order valence-corrected chi connectivity index (χ3v) is 2.66. The Balaban J connectivity index is 2.68. The van der Waals surface area contributed by atoms with Crippen molar-refractivity contribution in [3.63, 3.8) is 0 Å². The van der Waals surface area contributed by atoms with Gasteiger partial charge in [-0.3, -0.25) is 4.68 Å². The molecule has 0 unspecified atom stereocenters. The lowest BCUT2D eigenvalue weighted by atomic mass is 10.2. The highest BCUT2D eigenvalue weighted by Gasteiger charge is 2.09. The number of hydrogen-bond acceptors (Lipinski definition) is 2. The fourth-order valence-corrected chi connectivity index (χ4v) is 1.69. The number of aromatic nitrogens is 2. The van der Waals surface area contributed by atoms with Gasteiger partial charge in [-0.05, 0) is 20.3 Å². The maximum Gasteiger partial charge on any atom is 0.0718 e. The topological polar surface area (TPSA) is 38.0 Å². The van der Waals surface area contributed by atoms with Gasteiger partial charge in [-0.15, -0.1) is 0 Å². The van der Waals surface area contributed by atoms with Crippen LogP contribution in [0.4, 0.5) is 0 Å². The molecule has 3 nitrogen and oxygen atoms in total. The molecule has 0 aliphatic carbocycles. The van der Waals surface area contributed by atoms with Crippen LogP contribution in [-0.4, -0.2) is 14.9 Å². The number of aliphatic hydroxyl groups is 1. The number of aliphatic hydroxyl groups excluding tert-OH is 1. The maximum atomic E-state index is 9.13. The molecule has 1 heterocycles. The van der Waals surface area contributed by atoms with E-state index in [1.807, 2.05) is 18.5 Å². The highest BCUT2D eigenvalue weighted by atomic mass is 16.3. The molecule has 0 fully saturated rings. The molecule has 0 atom stereocenters. The summed E-state index contributed by atoms with van der Waals surface area (Å²) in [6, 6.07) is 0. The fraction of sp³-hybridized carbons (Fsp3) is 0.727. The first-order chi connectivity index (χ1) is 6.70. The molecular formula is C11H20N2O. The van der Waals surface area contributed by atoms with Crippen LogP contribution in [0.3, 0.4) is 0 Å². The first kappa shape index (κ1) is 11.2. The van der Waals surface area contributed by atoms with E-state index in [2.05, 4.69) is 12.0 Å². The molecule has 0 saturated carbocycles. The summed E-state index contributed by atoms with van der Waals surface area (Å²) >= 11 is 0. The standard InChI is InChI=1S/C11H20N2O/c1-4-5-6-7-13-10(3)11(8-14)9(2)12-13/h14H,4-8H2,1-3H3. The van der Waals surface area contributed by atoms with Crippen LogP contribution in [0.2, 0.25) is 0 Å². The predicted octanol–water partition coefficient (Wildman–Crippen LogP) is 2.18. The number of unbranched alkanes of at least 4 members (excludes halogenated alkanes) is 2. The average Bonchev–Trinajstić information content (AvgIpc) is 2.42. The third-order valence-electron chi connectivity index (χ3n) is 2.66. The summed E-state index contributed by atoms with van der Waals surface area (Å²) in [5.74, 6) is 0. The molecule has 1 aromatic rings. The maximum absolute atomic E-state index is 9.13. The van der Waals surface area contributed by atoms with Gasteiger partial charge in [0.05, 0.1) is 12.3 Å². The van der Waals surface area contributed by atoms with E-state index in [1.165, 1.54) is 19.3 Å². The summed E-state index contributed by atoms with van der Waals surface area (Å²) in [4.78, 5) is 0. The van der Waals surface area contributed by atoms with Crippen LogP contribution in [0.15, 0.2) is 0 Å². The van der Waals surface area contributed by atoms with E-state index in [0.717, 1.165) is 23.5 Å². The van der Waals surface area contributed by atoms with E-state index in [1.54, 1.807) is 0 Å². The van der Waals surface area contributed by atoms with Gasteiger partial charge in [-0.2, -0.15) is 5.10 Å². The molecule has 14 heavy (non-hydrogen) atoms. The minimum Gasteiger partial charge on any atom is -0.392 e. The summed E-state index contributed by atoms with van der Waals surface area (Å²) < 4.78 is 2.01. The lowest BCUT2D eigenvalue weighted by Crippen LogP contribution is -2.02. The molecular weight excluding hydrogens is 176 g/mol. The SMILES string of the molecule is CCCCCn1nc(C)c(CO)c1C. The molecule has 1 rings (SSSR count). The molecule has 0 aliphatic rings.